The van der Waals surface area contributed by atoms with Gasteiger partial charge in [-0.1, -0.05) is 11.6 Å². The Labute approximate surface area is 91.4 Å². The molecule has 1 aromatic heterocycles. The lowest BCUT2D eigenvalue weighted by Gasteiger charge is -2.09. The molecule has 2 heterocycles. The van der Waals surface area contributed by atoms with E-state index in [1.807, 2.05) is 0 Å². The highest BCUT2D eigenvalue weighted by Gasteiger charge is 2.17. The summed E-state index contributed by atoms with van der Waals surface area (Å²) in [6, 6.07) is 0. The maximum absolute atomic E-state index is 11.1. The molecule has 0 spiro atoms. The van der Waals surface area contributed by atoms with Crippen molar-refractivity contribution >= 4 is 11.6 Å². The Balaban J connectivity index is 1.98. The summed E-state index contributed by atoms with van der Waals surface area (Å²) in [5.74, 6) is 0.550. The van der Waals surface area contributed by atoms with Crippen LogP contribution < -0.4 is 10.3 Å². The standard InChI is InChI=1S/C9H11ClN2O3/c10-7-8(13)11-5-12-9(7)15-4-6-1-2-14-3-6/h5-6H,1-4H2,(H,11,12,13). The molecular formula is C9H11ClN2O3. The molecule has 1 saturated heterocycles. The van der Waals surface area contributed by atoms with Gasteiger partial charge < -0.3 is 14.5 Å². The van der Waals surface area contributed by atoms with Crippen LogP contribution in [0.1, 0.15) is 6.42 Å². The van der Waals surface area contributed by atoms with Crippen LogP contribution in [0.25, 0.3) is 0 Å². The normalized spacial score (nSPS) is 20.5. The molecule has 1 fully saturated rings. The van der Waals surface area contributed by atoms with E-state index >= 15 is 0 Å². The van der Waals surface area contributed by atoms with Crippen molar-refractivity contribution in [3.8, 4) is 5.88 Å². The molecule has 0 amide bonds. The third-order valence-electron chi connectivity index (χ3n) is 2.24. The Morgan fingerprint density at radius 2 is 2.60 bits per heavy atom. The topological polar surface area (TPSA) is 64.2 Å². The van der Waals surface area contributed by atoms with Crippen LogP contribution in [0.4, 0.5) is 0 Å². The van der Waals surface area contributed by atoms with E-state index < -0.39 is 0 Å². The predicted molar refractivity (Wildman–Crippen MR) is 54.3 cm³/mol. The SMILES string of the molecule is O=c1[nH]cnc(OCC2CCOC2)c1Cl. The Bertz CT molecular complexity index is 387. The summed E-state index contributed by atoms with van der Waals surface area (Å²) in [5.41, 5.74) is -0.385. The average Bonchev–Trinajstić information content (AvgIpc) is 2.73. The minimum atomic E-state index is -0.385. The zero-order chi connectivity index (χ0) is 10.7. The van der Waals surface area contributed by atoms with Crippen LogP contribution in [0.2, 0.25) is 5.02 Å². The molecule has 0 aliphatic carbocycles. The summed E-state index contributed by atoms with van der Waals surface area (Å²) in [7, 11) is 0. The number of ether oxygens (including phenoxy) is 2. The number of rotatable bonds is 3. The summed E-state index contributed by atoms with van der Waals surface area (Å²) in [6.45, 7) is 1.95. The second-order valence-corrected chi connectivity index (χ2v) is 3.77. The predicted octanol–water partition coefficient (Wildman–Crippen LogP) is 0.839. The number of aromatic nitrogens is 2. The minimum Gasteiger partial charge on any atom is -0.476 e. The van der Waals surface area contributed by atoms with E-state index in [2.05, 4.69) is 9.97 Å². The van der Waals surface area contributed by atoms with Gasteiger partial charge in [0.15, 0.2) is 5.02 Å². The highest BCUT2D eigenvalue weighted by Crippen LogP contribution is 2.18. The van der Waals surface area contributed by atoms with E-state index in [0.717, 1.165) is 13.0 Å². The fourth-order valence-corrected chi connectivity index (χ4v) is 1.54. The van der Waals surface area contributed by atoms with Gasteiger partial charge in [-0.25, -0.2) is 4.98 Å². The van der Waals surface area contributed by atoms with Crippen LogP contribution in [0.15, 0.2) is 11.1 Å². The van der Waals surface area contributed by atoms with Crippen LogP contribution in [-0.4, -0.2) is 29.8 Å². The molecule has 1 aliphatic rings. The highest BCUT2D eigenvalue weighted by atomic mass is 35.5. The number of nitrogens with one attached hydrogen (secondary N) is 1. The molecule has 1 aromatic rings. The second kappa shape index (κ2) is 4.63. The van der Waals surface area contributed by atoms with Crippen molar-refractivity contribution in [2.75, 3.05) is 19.8 Å². The average molecular weight is 231 g/mol. The van der Waals surface area contributed by atoms with Gasteiger partial charge in [0, 0.05) is 12.5 Å². The van der Waals surface area contributed by atoms with Gasteiger partial charge in [-0.15, -0.1) is 0 Å². The molecule has 1 aliphatic heterocycles. The molecule has 6 heteroatoms. The molecule has 1 N–H and O–H groups in total. The summed E-state index contributed by atoms with van der Waals surface area (Å²) < 4.78 is 10.6. The van der Waals surface area contributed by atoms with Crippen molar-refractivity contribution in [3.05, 3.63) is 21.7 Å². The van der Waals surface area contributed by atoms with Gasteiger partial charge in [0.1, 0.15) is 0 Å². The van der Waals surface area contributed by atoms with E-state index in [0.29, 0.717) is 19.1 Å². The third-order valence-corrected chi connectivity index (χ3v) is 2.58. The smallest absolute Gasteiger partial charge is 0.273 e. The largest absolute Gasteiger partial charge is 0.476 e. The van der Waals surface area contributed by atoms with Crippen molar-refractivity contribution in [1.82, 2.24) is 9.97 Å². The van der Waals surface area contributed by atoms with E-state index in [1.54, 1.807) is 0 Å². The van der Waals surface area contributed by atoms with Crippen LogP contribution in [0, 0.1) is 5.92 Å². The molecule has 82 valence electrons. The molecule has 0 bridgehead atoms. The van der Waals surface area contributed by atoms with Crippen molar-refractivity contribution in [1.29, 1.82) is 0 Å². The van der Waals surface area contributed by atoms with Gasteiger partial charge in [0.2, 0.25) is 5.88 Å². The number of halogens is 1. The number of H-pyrrole nitrogens is 1. The quantitative estimate of drug-likeness (QED) is 0.836. The first-order valence-electron chi connectivity index (χ1n) is 4.71. The molecule has 0 saturated carbocycles. The van der Waals surface area contributed by atoms with Gasteiger partial charge in [0.05, 0.1) is 19.5 Å². The number of nitrogens with zero attached hydrogens (tertiary/aromatic N) is 1. The molecule has 15 heavy (non-hydrogen) atoms. The van der Waals surface area contributed by atoms with Crippen LogP contribution in [0.3, 0.4) is 0 Å². The molecule has 2 rings (SSSR count). The van der Waals surface area contributed by atoms with E-state index in [-0.39, 0.29) is 16.5 Å². The zero-order valence-electron chi connectivity index (χ0n) is 8.03. The van der Waals surface area contributed by atoms with Crippen LogP contribution >= 0.6 is 11.6 Å². The summed E-state index contributed by atoms with van der Waals surface area (Å²) in [5, 5.41) is -0.00332. The first-order chi connectivity index (χ1) is 7.27. The monoisotopic (exact) mass is 230 g/mol. The maximum Gasteiger partial charge on any atom is 0.273 e. The lowest BCUT2D eigenvalue weighted by molar-refractivity contribution is 0.165. The minimum absolute atomic E-state index is 0.00332. The summed E-state index contributed by atoms with van der Waals surface area (Å²) in [6.07, 6.45) is 2.25. The summed E-state index contributed by atoms with van der Waals surface area (Å²) >= 11 is 5.72. The van der Waals surface area contributed by atoms with Crippen molar-refractivity contribution in [3.63, 3.8) is 0 Å². The lowest BCUT2D eigenvalue weighted by Crippen LogP contribution is -2.15. The molecular weight excluding hydrogens is 220 g/mol. The third kappa shape index (κ3) is 2.49. The Kier molecular flexibility index (Phi) is 3.23. The molecule has 5 nitrogen and oxygen atoms in total. The van der Waals surface area contributed by atoms with E-state index in [1.165, 1.54) is 6.33 Å². The fourth-order valence-electron chi connectivity index (χ4n) is 1.38. The molecule has 1 atom stereocenters. The fraction of sp³-hybridized carbons (Fsp3) is 0.556. The Morgan fingerprint density at radius 3 is 3.33 bits per heavy atom. The van der Waals surface area contributed by atoms with Crippen molar-refractivity contribution < 1.29 is 9.47 Å². The Hall–Kier alpha value is -1.07. The first-order valence-corrected chi connectivity index (χ1v) is 5.09. The van der Waals surface area contributed by atoms with Crippen molar-refractivity contribution in [2.45, 2.75) is 6.42 Å². The van der Waals surface area contributed by atoms with Gasteiger partial charge in [0.25, 0.3) is 5.56 Å². The Morgan fingerprint density at radius 1 is 1.73 bits per heavy atom. The molecule has 0 aromatic carbocycles. The summed E-state index contributed by atoms with van der Waals surface area (Å²) in [4.78, 5) is 17.3. The number of hydrogen-bond acceptors (Lipinski definition) is 4. The van der Waals surface area contributed by atoms with Crippen LogP contribution in [-0.2, 0) is 4.74 Å². The van der Waals surface area contributed by atoms with E-state index in [9.17, 15) is 4.79 Å². The van der Waals surface area contributed by atoms with Gasteiger partial charge in [-0.2, -0.15) is 0 Å². The zero-order valence-corrected chi connectivity index (χ0v) is 8.79. The van der Waals surface area contributed by atoms with Gasteiger partial charge in [-0.05, 0) is 6.42 Å². The van der Waals surface area contributed by atoms with Gasteiger partial charge in [-0.3, -0.25) is 4.79 Å². The van der Waals surface area contributed by atoms with E-state index in [4.69, 9.17) is 21.1 Å². The van der Waals surface area contributed by atoms with Crippen LogP contribution in [0.5, 0.6) is 5.88 Å². The lowest BCUT2D eigenvalue weighted by atomic mass is 10.1. The van der Waals surface area contributed by atoms with Crippen molar-refractivity contribution in [2.24, 2.45) is 5.92 Å². The highest BCUT2D eigenvalue weighted by molar-refractivity contribution is 6.31. The number of aromatic amines is 1. The maximum atomic E-state index is 11.1. The second-order valence-electron chi connectivity index (χ2n) is 3.39. The molecule has 1 unspecified atom stereocenters. The van der Waals surface area contributed by atoms with Gasteiger partial charge >= 0.3 is 0 Å². The number of hydrogen-bond donors (Lipinski definition) is 1. The first kappa shape index (κ1) is 10.4. The molecule has 0 radical (unpaired) electrons.